The molecule has 0 N–H and O–H groups in total. The fourth-order valence-electron chi connectivity index (χ4n) is 3.19. The van der Waals surface area contributed by atoms with E-state index < -0.39 is 0 Å². The van der Waals surface area contributed by atoms with E-state index >= 15 is 0 Å². The molecule has 0 atom stereocenters. The number of thiazole rings is 1. The number of carbonyl (C=O) groups is 1. The summed E-state index contributed by atoms with van der Waals surface area (Å²) < 4.78 is 2.05. The molecule has 5 rings (SSSR count). The number of anilines is 1. The van der Waals surface area contributed by atoms with Crippen molar-refractivity contribution < 1.29 is 4.79 Å². The number of piperazine rings is 1. The van der Waals surface area contributed by atoms with Crippen molar-refractivity contribution in [3.05, 3.63) is 46.9 Å². The highest BCUT2D eigenvalue weighted by Crippen LogP contribution is 2.29. The Morgan fingerprint density at radius 2 is 2.04 bits per heavy atom. The molecule has 0 radical (unpaired) electrons. The molecule has 1 saturated heterocycles. The Kier molecular flexibility index (Phi) is 3.46. The third-order valence-electron chi connectivity index (χ3n) is 4.49. The quantitative estimate of drug-likeness (QED) is 0.545. The second kappa shape index (κ2) is 5.82. The second-order valence-electron chi connectivity index (χ2n) is 5.94. The van der Waals surface area contributed by atoms with Crippen LogP contribution in [0.2, 0.25) is 0 Å². The molecule has 0 aromatic carbocycles. The van der Waals surface area contributed by atoms with Crippen molar-refractivity contribution in [2.75, 3.05) is 31.1 Å². The number of hydrogen-bond acceptors (Lipinski definition) is 6. The fraction of sp³-hybridized carbons (Fsp3) is 0.235. The van der Waals surface area contributed by atoms with Crippen molar-refractivity contribution in [1.29, 1.82) is 0 Å². The van der Waals surface area contributed by atoms with E-state index in [-0.39, 0.29) is 5.91 Å². The number of carbonyl (C=O) groups excluding carboxylic acids is 1. The number of imidazole rings is 1. The molecule has 1 fully saturated rings. The van der Waals surface area contributed by atoms with E-state index in [2.05, 4.69) is 14.9 Å². The number of nitrogens with zero attached hydrogens (tertiary/aromatic N) is 5. The Balaban J connectivity index is 1.34. The molecular weight excluding hydrogens is 354 g/mol. The van der Waals surface area contributed by atoms with E-state index in [4.69, 9.17) is 0 Å². The predicted molar refractivity (Wildman–Crippen MR) is 101 cm³/mol. The smallest absolute Gasteiger partial charge is 0.264 e. The minimum atomic E-state index is 0.104. The molecule has 6 nitrogen and oxygen atoms in total. The second-order valence-corrected chi connectivity index (χ2v) is 7.84. The van der Waals surface area contributed by atoms with Crippen LogP contribution in [-0.4, -0.2) is 51.4 Å². The predicted octanol–water partition coefficient (Wildman–Crippen LogP) is 2.97. The highest BCUT2D eigenvalue weighted by atomic mass is 32.1. The van der Waals surface area contributed by atoms with Gasteiger partial charge in [0.2, 0.25) is 0 Å². The molecule has 1 aliphatic rings. The van der Waals surface area contributed by atoms with E-state index in [1.807, 2.05) is 45.1 Å². The molecule has 0 unspecified atom stereocenters. The monoisotopic (exact) mass is 369 g/mol. The third kappa shape index (κ3) is 2.49. The van der Waals surface area contributed by atoms with Gasteiger partial charge in [-0.1, -0.05) is 6.07 Å². The van der Waals surface area contributed by atoms with Gasteiger partial charge in [0.1, 0.15) is 10.6 Å². The Morgan fingerprint density at radius 3 is 2.84 bits per heavy atom. The molecule has 1 amide bonds. The van der Waals surface area contributed by atoms with E-state index in [9.17, 15) is 4.79 Å². The first-order valence-corrected chi connectivity index (χ1v) is 9.79. The lowest BCUT2D eigenvalue weighted by Crippen LogP contribution is -2.48. The van der Waals surface area contributed by atoms with Crippen LogP contribution in [0.4, 0.5) is 5.82 Å². The molecule has 4 aromatic heterocycles. The van der Waals surface area contributed by atoms with E-state index in [0.29, 0.717) is 13.1 Å². The van der Waals surface area contributed by atoms with Crippen LogP contribution in [0.15, 0.2) is 42.0 Å². The van der Waals surface area contributed by atoms with Gasteiger partial charge in [0, 0.05) is 44.0 Å². The van der Waals surface area contributed by atoms with Gasteiger partial charge < -0.3 is 9.80 Å². The fourth-order valence-corrected chi connectivity index (χ4v) is 4.96. The van der Waals surface area contributed by atoms with Gasteiger partial charge in [-0.25, -0.2) is 9.97 Å². The summed E-state index contributed by atoms with van der Waals surface area (Å²) in [7, 11) is 0. The van der Waals surface area contributed by atoms with Gasteiger partial charge in [-0.2, -0.15) is 0 Å². The van der Waals surface area contributed by atoms with Crippen LogP contribution in [0.5, 0.6) is 0 Å². The number of thiophene rings is 1. The van der Waals surface area contributed by atoms with Crippen LogP contribution in [-0.2, 0) is 0 Å². The molecule has 4 aromatic rings. The summed E-state index contributed by atoms with van der Waals surface area (Å²) in [5.74, 6) is 1.08. The molecule has 126 valence electrons. The average Bonchev–Trinajstić information content (AvgIpc) is 3.34. The Bertz CT molecular complexity index is 1040. The number of aromatic nitrogens is 3. The third-order valence-corrected chi connectivity index (χ3v) is 6.25. The molecule has 0 spiro atoms. The van der Waals surface area contributed by atoms with Crippen LogP contribution < -0.4 is 4.90 Å². The molecule has 0 bridgehead atoms. The van der Waals surface area contributed by atoms with E-state index in [1.54, 1.807) is 17.5 Å². The van der Waals surface area contributed by atoms with Gasteiger partial charge >= 0.3 is 0 Å². The topological polar surface area (TPSA) is 53.7 Å². The molecular formula is C17H15N5OS2. The molecule has 0 saturated carbocycles. The van der Waals surface area contributed by atoms with Crippen molar-refractivity contribution in [2.45, 2.75) is 0 Å². The minimum absolute atomic E-state index is 0.104. The SMILES string of the molecule is O=C(c1cc2c(nc3sccn32)s1)N1CCN(c2ccccn2)CC1. The lowest BCUT2D eigenvalue weighted by atomic mass is 10.3. The maximum Gasteiger partial charge on any atom is 0.264 e. The summed E-state index contributed by atoms with van der Waals surface area (Å²) in [5, 5.41) is 2.01. The zero-order valence-electron chi connectivity index (χ0n) is 13.3. The zero-order valence-corrected chi connectivity index (χ0v) is 15.0. The van der Waals surface area contributed by atoms with Crippen molar-refractivity contribution in [3.63, 3.8) is 0 Å². The highest BCUT2D eigenvalue weighted by Gasteiger charge is 2.25. The van der Waals surface area contributed by atoms with Gasteiger partial charge in [0.15, 0.2) is 4.96 Å². The summed E-state index contributed by atoms with van der Waals surface area (Å²) in [5.41, 5.74) is 1.02. The summed E-state index contributed by atoms with van der Waals surface area (Å²) in [6.45, 7) is 3.04. The van der Waals surface area contributed by atoms with Crippen molar-refractivity contribution >= 4 is 49.7 Å². The highest BCUT2D eigenvalue weighted by molar-refractivity contribution is 7.21. The van der Waals surface area contributed by atoms with Gasteiger partial charge in [-0.3, -0.25) is 9.20 Å². The van der Waals surface area contributed by atoms with Crippen LogP contribution in [0.3, 0.4) is 0 Å². The summed E-state index contributed by atoms with van der Waals surface area (Å²) in [6, 6.07) is 7.90. The maximum absolute atomic E-state index is 12.9. The summed E-state index contributed by atoms with van der Waals surface area (Å²) in [6.07, 6.45) is 3.81. The Morgan fingerprint density at radius 1 is 1.16 bits per heavy atom. The molecule has 8 heteroatoms. The minimum Gasteiger partial charge on any atom is -0.353 e. The number of amides is 1. The molecule has 25 heavy (non-hydrogen) atoms. The first-order chi connectivity index (χ1) is 12.3. The van der Waals surface area contributed by atoms with Crippen LogP contribution >= 0.6 is 22.7 Å². The van der Waals surface area contributed by atoms with Gasteiger partial charge in [0.25, 0.3) is 5.91 Å². The van der Waals surface area contributed by atoms with Gasteiger partial charge in [-0.15, -0.1) is 22.7 Å². The molecule has 1 aliphatic heterocycles. The Labute approximate surface area is 152 Å². The molecule has 5 heterocycles. The first-order valence-electron chi connectivity index (χ1n) is 8.10. The summed E-state index contributed by atoms with van der Waals surface area (Å²) in [4.78, 5) is 28.7. The summed E-state index contributed by atoms with van der Waals surface area (Å²) >= 11 is 3.09. The van der Waals surface area contributed by atoms with Crippen molar-refractivity contribution in [2.24, 2.45) is 0 Å². The van der Waals surface area contributed by atoms with Gasteiger partial charge in [0.05, 0.1) is 10.4 Å². The Hall–Kier alpha value is -2.45. The largest absolute Gasteiger partial charge is 0.353 e. The first kappa shape index (κ1) is 14.9. The molecule has 0 aliphatic carbocycles. The van der Waals surface area contributed by atoms with Gasteiger partial charge in [-0.05, 0) is 18.2 Å². The van der Waals surface area contributed by atoms with Crippen LogP contribution in [0.25, 0.3) is 15.3 Å². The lowest BCUT2D eigenvalue weighted by molar-refractivity contribution is 0.0751. The lowest BCUT2D eigenvalue weighted by Gasteiger charge is -2.35. The van der Waals surface area contributed by atoms with E-state index in [0.717, 1.165) is 39.1 Å². The van der Waals surface area contributed by atoms with Crippen molar-refractivity contribution in [3.8, 4) is 0 Å². The van der Waals surface area contributed by atoms with E-state index in [1.165, 1.54) is 11.3 Å². The normalized spacial score (nSPS) is 15.4. The number of pyridine rings is 1. The van der Waals surface area contributed by atoms with Crippen molar-refractivity contribution in [1.82, 2.24) is 19.3 Å². The maximum atomic E-state index is 12.9. The van der Waals surface area contributed by atoms with Crippen LogP contribution in [0, 0.1) is 0 Å². The standard InChI is InChI=1S/C17H15N5OS2/c23-16(13-11-12-15(25-13)19-17-22(12)9-10-24-17)21-7-5-20(6-8-21)14-3-1-2-4-18-14/h1-4,9-11H,5-8H2. The number of fused-ring (bicyclic) bond motifs is 3. The number of hydrogen-bond donors (Lipinski definition) is 0. The average molecular weight is 369 g/mol. The van der Waals surface area contributed by atoms with Crippen LogP contribution in [0.1, 0.15) is 9.67 Å². The zero-order chi connectivity index (χ0) is 16.8. The number of rotatable bonds is 2.